The number of carboxylic acids is 1. The number of fused-ring (bicyclic) bond motifs is 1. The van der Waals surface area contributed by atoms with Crippen LogP contribution in [0.15, 0.2) is 36.4 Å². The minimum Gasteiger partial charge on any atom is -0.489 e. The average molecular weight is 480 g/mol. The van der Waals surface area contributed by atoms with Gasteiger partial charge in [0.2, 0.25) is 5.69 Å². The van der Waals surface area contributed by atoms with Crippen LogP contribution in [0.3, 0.4) is 0 Å². The highest BCUT2D eigenvalue weighted by molar-refractivity contribution is 5.73. The van der Waals surface area contributed by atoms with Gasteiger partial charge in [0, 0.05) is 24.6 Å². The molecule has 0 spiro atoms. The molecule has 184 valence electrons. The predicted molar refractivity (Wildman–Crippen MR) is 122 cm³/mol. The highest BCUT2D eigenvalue weighted by Gasteiger charge is 2.34. The molecule has 0 unspecified atom stereocenters. The minimum atomic E-state index is -4.42. The summed E-state index contributed by atoms with van der Waals surface area (Å²) in [6.45, 7) is 4.59. The van der Waals surface area contributed by atoms with Gasteiger partial charge >= 0.3 is 18.0 Å². The fourth-order valence-electron chi connectivity index (χ4n) is 4.04. The van der Waals surface area contributed by atoms with Gasteiger partial charge < -0.3 is 14.9 Å². The molecule has 1 aliphatic heterocycles. The number of carboxylic acid groups (broad SMARTS) is 1. The van der Waals surface area contributed by atoms with Crippen LogP contribution in [0.25, 0.3) is 0 Å². The average Bonchev–Trinajstić information content (AvgIpc) is 3.18. The lowest BCUT2D eigenvalue weighted by Crippen LogP contribution is -2.32. The van der Waals surface area contributed by atoms with Gasteiger partial charge in [-0.05, 0) is 42.3 Å². The van der Waals surface area contributed by atoms with Crippen molar-refractivity contribution in [3.05, 3.63) is 58.7 Å². The zero-order valence-electron chi connectivity index (χ0n) is 19.5. The Kier molecular flexibility index (Phi) is 7.86. The maximum atomic E-state index is 13.5. The number of rotatable bonds is 9. The van der Waals surface area contributed by atoms with Crippen LogP contribution in [0.1, 0.15) is 48.4 Å². The first-order valence-corrected chi connectivity index (χ1v) is 11.1. The Morgan fingerprint density at radius 3 is 2.56 bits per heavy atom. The maximum absolute atomic E-state index is 13.5. The van der Waals surface area contributed by atoms with Crippen molar-refractivity contribution in [2.24, 2.45) is 0 Å². The van der Waals surface area contributed by atoms with E-state index in [1.165, 1.54) is 6.07 Å². The summed E-state index contributed by atoms with van der Waals surface area (Å²) in [6, 6.07) is 9.70. The summed E-state index contributed by atoms with van der Waals surface area (Å²) in [4.78, 5) is 12.5. The van der Waals surface area contributed by atoms with Crippen LogP contribution < -0.4 is 4.74 Å². The molecule has 2 N–H and O–H groups in total. The van der Waals surface area contributed by atoms with Crippen molar-refractivity contribution in [1.29, 1.82) is 0 Å². The quantitative estimate of drug-likeness (QED) is 0.393. The molecule has 0 fully saturated rings. The van der Waals surface area contributed by atoms with Gasteiger partial charge in [0.1, 0.15) is 18.9 Å². The molecule has 1 heterocycles. The molecule has 6 nitrogen and oxygen atoms in total. The summed E-state index contributed by atoms with van der Waals surface area (Å²) in [5.74, 6) is -0.460. The molecule has 34 heavy (non-hydrogen) atoms. The van der Waals surface area contributed by atoms with E-state index < -0.39 is 17.7 Å². The van der Waals surface area contributed by atoms with E-state index in [9.17, 15) is 23.1 Å². The van der Waals surface area contributed by atoms with Crippen molar-refractivity contribution in [1.82, 2.24) is 4.90 Å². The topological polar surface area (TPSA) is 73.0 Å². The van der Waals surface area contributed by atoms with Crippen molar-refractivity contribution in [3.63, 3.8) is 0 Å². The predicted octanol–water partition coefficient (Wildman–Crippen LogP) is 4.97. The minimum absolute atomic E-state index is 0.00821. The maximum Gasteiger partial charge on any atom is 0.416 e. The summed E-state index contributed by atoms with van der Waals surface area (Å²) in [6.07, 6.45) is -3.75. The Morgan fingerprint density at radius 1 is 1.18 bits per heavy atom. The summed E-state index contributed by atoms with van der Waals surface area (Å²) in [5, 5.41) is 19.3. The second kappa shape index (κ2) is 10.5. The zero-order chi connectivity index (χ0) is 25.0. The number of hydrogen-bond donors (Lipinski definition) is 2. The van der Waals surface area contributed by atoms with Gasteiger partial charge in [0.15, 0.2) is 6.54 Å². The van der Waals surface area contributed by atoms with Crippen LogP contribution in [-0.2, 0) is 24.0 Å². The van der Waals surface area contributed by atoms with Gasteiger partial charge in [-0.25, -0.2) is 0 Å². The van der Waals surface area contributed by atoms with Gasteiger partial charge in [-0.3, -0.25) is 9.69 Å². The molecular formula is C25H30F3N2O4+. The van der Waals surface area contributed by atoms with Crippen molar-refractivity contribution < 1.29 is 37.5 Å². The Hall–Kier alpha value is -3.07. The summed E-state index contributed by atoms with van der Waals surface area (Å²) < 4.78 is 47.9. The number of aliphatic hydroxyl groups is 1. The Bertz CT molecular complexity index is 1080. The summed E-state index contributed by atoms with van der Waals surface area (Å²) in [5.41, 5.74) is 1.86. The highest BCUT2D eigenvalue weighted by Crippen LogP contribution is 2.36. The zero-order valence-corrected chi connectivity index (χ0v) is 19.5. The smallest absolute Gasteiger partial charge is 0.416 e. The number of nitrogens with zero attached hydrogens (tertiary/aromatic N) is 2. The molecular weight excluding hydrogens is 449 g/mol. The Labute approximate surface area is 196 Å². The van der Waals surface area contributed by atoms with Crippen molar-refractivity contribution in [3.8, 4) is 5.75 Å². The summed E-state index contributed by atoms with van der Waals surface area (Å²) >= 11 is 0. The van der Waals surface area contributed by atoms with E-state index in [1.54, 1.807) is 42.5 Å². The number of hydrogen-bond acceptors (Lipinski definition) is 3. The Morgan fingerprint density at radius 2 is 1.91 bits per heavy atom. The molecule has 2 aromatic carbocycles. The monoisotopic (exact) mass is 479 g/mol. The van der Waals surface area contributed by atoms with Crippen LogP contribution in [0.2, 0.25) is 0 Å². The fourth-order valence-corrected chi connectivity index (χ4v) is 4.04. The van der Waals surface area contributed by atoms with Gasteiger partial charge in [-0.1, -0.05) is 26.0 Å². The molecule has 9 heteroatoms. The van der Waals surface area contributed by atoms with Crippen LogP contribution in [0.5, 0.6) is 5.75 Å². The molecule has 0 bridgehead atoms. The molecule has 0 saturated heterocycles. The molecule has 3 rings (SSSR count). The molecule has 0 atom stereocenters. The lowest BCUT2D eigenvalue weighted by molar-refractivity contribution is -0.440. The third-order valence-electron chi connectivity index (χ3n) is 5.83. The van der Waals surface area contributed by atoms with Crippen molar-refractivity contribution in [2.75, 3.05) is 26.7 Å². The lowest BCUT2D eigenvalue weighted by Gasteiger charge is -2.17. The normalized spacial score (nSPS) is 15.1. The second-order valence-corrected chi connectivity index (χ2v) is 8.85. The number of carbonyl (C=O) groups is 1. The van der Waals surface area contributed by atoms with Crippen molar-refractivity contribution >= 4 is 17.6 Å². The third-order valence-corrected chi connectivity index (χ3v) is 5.83. The number of halogens is 3. The van der Waals surface area contributed by atoms with E-state index in [4.69, 9.17) is 9.84 Å². The SMILES string of the molecule is CC(C)c1ccc(COc2ccc3c(c2)CC[N+]3=C(O)CN(C)CCC(=O)O)cc1C(F)(F)F. The number of aliphatic hydroxyl groups excluding tert-OH is 1. The largest absolute Gasteiger partial charge is 0.489 e. The first kappa shape index (κ1) is 25.6. The van der Waals surface area contributed by atoms with Crippen LogP contribution >= 0.6 is 0 Å². The van der Waals surface area contributed by atoms with Crippen LogP contribution in [0, 0.1) is 0 Å². The van der Waals surface area contributed by atoms with Crippen LogP contribution in [0.4, 0.5) is 18.9 Å². The highest BCUT2D eigenvalue weighted by atomic mass is 19.4. The van der Waals surface area contributed by atoms with Gasteiger partial charge in [0.05, 0.1) is 12.0 Å². The molecule has 1 aliphatic rings. The van der Waals surface area contributed by atoms with E-state index >= 15 is 0 Å². The number of aliphatic carboxylic acids is 1. The molecule has 0 amide bonds. The lowest BCUT2D eigenvalue weighted by atomic mass is 9.95. The molecule has 0 radical (unpaired) electrons. The first-order valence-electron chi connectivity index (χ1n) is 11.1. The third kappa shape index (κ3) is 6.28. The van der Waals surface area contributed by atoms with Crippen LogP contribution in [-0.4, -0.2) is 58.2 Å². The standard InChI is InChI=1S/C25H29F3N2O4/c1-16(2)20-6-4-17(12-21(20)25(26,27)28)15-34-19-5-7-22-18(13-19)8-11-30(22)23(31)14-29(3)10-9-24(32)33/h4-7,12-13,16H,8-11,14-15H2,1-3H3,(H,32,33)/p+1. The number of benzene rings is 2. The van der Waals surface area contributed by atoms with E-state index in [-0.39, 0.29) is 37.0 Å². The van der Waals surface area contributed by atoms with E-state index in [0.29, 0.717) is 30.8 Å². The number of likely N-dealkylation sites (N-methyl/N-ethyl adjacent to an activating group) is 1. The van der Waals surface area contributed by atoms with E-state index in [0.717, 1.165) is 17.3 Å². The second-order valence-electron chi connectivity index (χ2n) is 8.85. The Balaban J connectivity index is 1.70. The van der Waals surface area contributed by atoms with Gasteiger partial charge in [-0.2, -0.15) is 17.7 Å². The molecule has 0 aliphatic carbocycles. The van der Waals surface area contributed by atoms with E-state index in [2.05, 4.69) is 0 Å². The van der Waals surface area contributed by atoms with Gasteiger partial charge in [0.25, 0.3) is 0 Å². The number of ether oxygens (including phenoxy) is 1. The molecule has 0 aromatic heterocycles. The van der Waals surface area contributed by atoms with Gasteiger partial charge in [-0.15, -0.1) is 0 Å². The van der Waals surface area contributed by atoms with Crippen molar-refractivity contribution in [2.45, 2.75) is 45.4 Å². The van der Waals surface area contributed by atoms with E-state index in [1.807, 2.05) is 12.1 Å². The molecule has 2 aromatic rings. The molecule has 0 saturated carbocycles. The number of alkyl halides is 3. The first-order chi connectivity index (χ1) is 16.0. The summed E-state index contributed by atoms with van der Waals surface area (Å²) in [7, 11) is 1.74. The fraction of sp³-hybridized carbons (Fsp3) is 0.440.